The van der Waals surface area contributed by atoms with Crippen LogP contribution in [0.5, 0.6) is 11.5 Å². The summed E-state index contributed by atoms with van der Waals surface area (Å²) in [4.78, 5) is 5.13. The molecule has 0 aliphatic carbocycles. The van der Waals surface area contributed by atoms with Gasteiger partial charge in [-0.05, 0) is 25.3 Å². The molecule has 0 radical (unpaired) electrons. The number of ether oxygens (including phenoxy) is 2. The Hall–Kier alpha value is -0.810. The summed E-state index contributed by atoms with van der Waals surface area (Å²) in [6, 6.07) is 3.26. The van der Waals surface area contributed by atoms with Crippen molar-refractivity contribution in [2.45, 2.75) is 32.6 Å². The van der Waals surface area contributed by atoms with Gasteiger partial charge in [-0.3, -0.25) is 0 Å². The first-order valence-corrected chi connectivity index (χ1v) is 9.45. The maximum atomic E-state index is 6.19. The highest BCUT2D eigenvalue weighted by Crippen LogP contribution is 2.37. The van der Waals surface area contributed by atoms with E-state index in [1.54, 1.807) is 18.3 Å². The molecule has 4 nitrogen and oxygen atoms in total. The van der Waals surface area contributed by atoms with Gasteiger partial charge in [0.05, 0.1) is 16.7 Å². The van der Waals surface area contributed by atoms with Gasteiger partial charge in [-0.1, -0.05) is 64.9 Å². The molecule has 0 aliphatic heterocycles. The fraction of sp³-hybridized carbons (Fsp3) is 0.471. The first-order valence-electron chi connectivity index (χ1n) is 7.94. The van der Waals surface area contributed by atoms with Gasteiger partial charge in [0, 0.05) is 18.3 Å². The number of benzene rings is 1. The van der Waals surface area contributed by atoms with Gasteiger partial charge >= 0.3 is 0 Å². The zero-order valence-electron chi connectivity index (χ0n) is 13.9. The monoisotopic (exact) mass is 427 g/mol. The number of hydrogen-bond acceptors (Lipinski definition) is 4. The van der Waals surface area contributed by atoms with Crippen molar-refractivity contribution in [2.75, 3.05) is 19.8 Å². The minimum atomic E-state index is 0.136. The zero-order chi connectivity index (χ0) is 18.5. The number of nitrogens with zero attached hydrogens (tertiary/aromatic N) is 1. The number of rotatable bonds is 12. The summed E-state index contributed by atoms with van der Waals surface area (Å²) in [5.74, 6) is 0.940. The predicted molar refractivity (Wildman–Crippen MR) is 106 cm³/mol. The highest BCUT2D eigenvalue weighted by atomic mass is 35.5. The third-order valence-electron chi connectivity index (χ3n) is 2.90. The Morgan fingerprint density at radius 2 is 1.76 bits per heavy atom. The van der Waals surface area contributed by atoms with Crippen molar-refractivity contribution in [3.63, 3.8) is 0 Å². The van der Waals surface area contributed by atoms with Crippen LogP contribution in [0.15, 0.2) is 27.9 Å². The van der Waals surface area contributed by atoms with Crippen molar-refractivity contribution in [3.05, 3.63) is 32.7 Å². The van der Waals surface area contributed by atoms with E-state index in [4.69, 9.17) is 60.7 Å². The molecule has 0 atom stereocenters. The SMILES string of the molecule is CCC/C=N/OCCCCOc1c(Cl)cc(OCC=C(Cl)Cl)cc1Cl. The van der Waals surface area contributed by atoms with Gasteiger partial charge in [-0.15, -0.1) is 0 Å². The van der Waals surface area contributed by atoms with Gasteiger partial charge in [-0.25, -0.2) is 0 Å². The van der Waals surface area contributed by atoms with Crippen LogP contribution in [-0.4, -0.2) is 26.0 Å². The number of halogens is 4. The van der Waals surface area contributed by atoms with E-state index in [9.17, 15) is 0 Å². The van der Waals surface area contributed by atoms with E-state index in [1.165, 1.54) is 6.08 Å². The normalized spacial score (nSPS) is 10.8. The van der Waals surface area contributed by atoms with Crippen molar-refractivity contribution in [2.24, 2.45) is 5.16 Å². The van der Waals surface area contributed by atoms with Crippen molar-refractivity contribution >= 4 is 52.6 Å². The molecule has 25 heavy (non-hydrogen) atoms. The van der Waals surface area contributed by atoms with E-state index in [2.05, 4.69) is 12.1 Å². The van der Waals surface area contributed by atoms with Gasteiger partial charge in [0.2, 0.25) is 0 Å². The Morgan fingerprint density at radius 1 is 1.08 bits per heavy atom. The molecule has 1 rings (SSSR count). The molecular formula is C17H21Cl4NO3. The summed E-state index contributed by atoms with van der Waals surface area (Å²) < 4.78 is 11.2. The molecular weight excluding hydrogens is 408 g/mol. The van der Waals surface area contributed by atoms with Crippen LogP contribution in [0.25, 0.3) is 0 Å². The maximum Gasteiger partial charge on any atom is 0.156 e. The Labute approximate surface area is 168 Å². The molecule has 0 bridgehead atoms. The summed E-state index contributed by atoms with van der Waals surface area (Å²) in [6.45, 7) is 3.33. The first-order chi connectivity index (χ1) is 12.0. The average Bonchev–Trinajstić information content (AvgIpc) is 2.55. The molecule has 0 N–H and O–H groups in total. The third kappa shape index (κ3) is 10.0. The van der Waals surface area contributed by atoms with Gasteiger partial charge in [-0.2, -0.15) is 0 Å². The van der Waals surface area contributed by atoms with Crippen LogP contribution in [0.3, 0.4) is 0 Å². The van der Waals surface area contributed by atoms with Gasteiger partial charge in [0.1, 0.15) is 23.5 Å². The number of oxime groups is 1. The number of unbranched alkanes of at least 4 members (excludes halogenated alkanes) is 2. The van der Waals surface area contributed by atoms with Crippen molar-refractivity contribution < 1.29 is 14.3 Å². The second-order valence-electron chi connectivity index (χ2n) is 4.99. The van der Waals surface area contributed by atoms with Crippen LogP contribution in [-0.2, 0) is 4.84 Å². The van der Waals surface area contributed by atoms with E-state index in [0.29, 0.717) is 34.8 Å². The molecule has 0 unspecified atom stereocenters. The van der Waals surface area contributed by atoms with Gasteiger partial charge in [0.15, 0.2) is 5.75 Å². The standard InChI is InChI=1S/C17H21Cl4NO3/c1-2-3-7-22-25-9-5-4-8-24-17-14(18)11-13(12-15(17)19)23-10-6-16(20)21/h6-7,11-12H,2-5,8-10H2,1H3/b22-7+. The van der Waals surface area contributed by atoms with Crippen molar-refractivity contribution in [1.29, 1.82) is 0 Å². The van der Waals surface area contributed by atoms with Crippen molar-refractivity contribution in [3.8, 4) is 11.5 Å². The highest BCUT2D eigenvalue weighted by molar-refractivity contribution is 6.55. The van der Waals surface area contributed by atoms with Crippen LogP contribution in [0.1, 0.15) is 32.6 Å². The minimum Gasteiger partial charge on any atom is -0.490 e. The lowest BCUT2D eigenvalue weighted by atomic mass is 10.3. The quantitative estimate of drug-likeness (QED) is 0.212. The summed E-state index contributed by atoms with van der Waals surface area (Å²) in [6.07, 6.45) is 6.90. The summed E-state index contributed by atoms with van der Waals surface area (Å²) in [7, 11) is 0. The van der Waals surface area contributed by atoms with Crippen LogP contribution in [0.2, 0.25) is 10.0 Å². The van der Waals surface area contributed by atoms with Crippen LogP contribution < -0.4 is 9.47 Å². The van der Waals surface area contributed by atoms with E-state index < -0.39 is 0 Å². The van der Waals surface area contributed by atoms with E-state index >= 15 is 0 Å². The fourth-order valence-corrected chi connectivity index (χ4v) is 2.39. The van der Waals surface area contributed by atoms with Crippen molar-refractivity contribution in [1.82, 2.24) is 0 Å². The molecule has 0 heterocycles. The molecule has 0 saturated carbocycles. The van der Waals surface area contributed by atoms with E-state index in [-0.39, 0.29) is 11.1 Å². The van der Waals surface area contributed by atoms with Crippen LogP contribution in [0.4, 0.5) is 0 Å². The zero-order valence-corrected chi connectivity index (χ0v) is 17.0. The minimum absolute atomic E-state index is 0.136. The second kappa shape index (κ2) is 13.4. The molecule has 8 heteroatoms. The van der Waals surface area contributed by atoms with E-state index in [1.807, 2.05) is 0 Å². The molecule has 0 fully saturated rings. The molecule has 0 spiro atoms. The Kier molecular flexibility index (Phi) is 11.9. The molecule has 1 aromatic carbocycles. The lowest BCUT2D eigenvalue weighted by Gasteiger charge is -2.12. The molecule has 1 aromatic rings. The summed E-state index contributed by atoms with van der Waals surface area (Å²) in [5, 5.41) is 4.60. The van der Waals surface area contributed by atoms with Crippen LogP contribution >= 0.6 is 46.4 Å². The van der Waals surface area contributed by atoms with E-state index in [0.717, 1.165) is 25.7 Å². The second-order valence-corrected chi connectivity index (χ2v) is 6.81. The predicted octanol–water partition coefficient (Wildman–Crippen LogP) is 6.65. The van der Waals surface area contributed by atoms with Gasteiger partial charge in [0.25, 0.3) is 0 Å². The third-order valence-corrected chi connectivity index (χ3v) is 3.77. The maximum absolute atomic E-state index is 6.19. The topological polar surface area (TPSA) is 40.0 Å². The van der Waals surface area contributed by atoms with Crippen LogP contribution in [0, 0.1) is 0 Å². The lowest BCUT2D eigenvalue weighted by molar-refractivity contribution is 0.136. The smallest absolute Gasteiger partial charge is 0.156 e. The molecule has 0 aliphatic rings. The fourth-order valence-electron chi connectivity index (χ4n) is 1.69. The Bertz CT molecular complexity index is 552. The number of hydrogen-bond donors (Lipinski definition) is 0. The summed E-state index contributed by atoms with van der Waals surface area (Å²) in [5.41, 5.74) is 0. The first kappa shape index (κ1) is 22.2. The largest absolute Gasteiger partial charge is 0.490 e. The molecule has 0 aromatic heterocycles. The lowest BCUT2D eigenvalue weighted by Crippen LogP contribution is -2.01. The Balaban J connectivity index is 2.35. The average molecular weight is 429 g/mol. The highest BCUT2D eigenvalue weighted by Gasteiger charge is 2.10. The van der Waals surface area contributed by atoms with Gasteiger partial charge < -0.3 is 14.3 Å². The molecule has 0 amide bonds. The molecule has 0 saturated heterocycles. The molecule has 140 valence electrons. The summed E-state index contributed by atoms with van der Waals surface area (Å²) >= 11 is 23.4. The Morgan fingerprint density at radius 3 is 2.40 bits per heavy atom.